The molecule has 0 aromatic heterocycles. The van der Waals surface area contributed by atoms with Gasteiger partial charge in [0, 0.05) is 15.5 Å². The highest BCUT2D eigenvalue weighted by atomic mass is 32.2. The van der Waals surface area contributed by atoms with Gasteiger partial charge in [-0.3, -0.25) is 0 Å². The van der Waals surface area contributed by atoms with Crippen molar-refractivity contribution in [3.8, 4) is 22.3 Å². The van der Waals surface area contributed by atoms with Crippen molar-refractivity contribution in [1.29, 1.82) is 0 Å². The number of nitrogens with two attached hydrogens (primary N) is 1. The number of thioether (sulfide) groups is 1. The van der Waals surface area contributed by atoms with E-state index in [4.69, 9.17) is 5.73 Å². The van der Waals surface area contributed by atoms with Crippen LogP contribution in [-0.4, -0.2) is 0 Å². The van der Waals surface area contributed by atoms with Gasteiger partial charge in [0.05, 0.1) is 0 Å². The molecule has 0 radical (unpaired) electrons. The first-order valence-electron chi connectivity index (χ1n) is 10.6. The molecule has 0 saturated carbocycles. The van der Waals surface area contributed by atoms with Gasteiger partial charge in [-0.1, -0.05) is 115 Å². The molecule has 2 heteroatoms. The summed E-state index contributed by atoms with van der Waals surface area (Å²) in [4.78, 5) is 2.02. The van der Waals surface area contributed by atoms with E-state index in [-0.39, 0.29) is 0 Å². The molecule has 0 aliphatic rings. The fourth-order valence-electron chi connectivity index (χ4n) is 4.05. The highest BCUT2D eigenvalue weighted by Crippen LogP contribution is 2.41. The highest BCUT2D eigenvalue weighted by Gasteiger charge is 2.12. The summed E-state index contributed by atoms with van der Waals surface area (Å²) in [6, 6.07) is 40.1. The number of benzene rings is 5. The predicted molar refractivity (Wildman–Crippen MR) is 141 cm³/mol. The second-order valence-corrected chi connectivity index (χ2v) is 8.85. The molecule has 2 N–H and O–H groups in total. The number of hydrogen-bond acceptors (Lipinski definition) is 2. The van der Waals surface area contributed by atoms with Crippen molar-refractivity contribution < 1.29 is 0 Å². The van der Waals surface area contributed by atoms with E-state index in [1.165, 1.54) is 33.0 Å². The maximum absolute atomic E-state index is 6.16. The molecule has 5 aromatic carbocycles. The Kier molecular flexibility index (Phi) is 5.53. The summed E-state index contributed by atoms with van der Waals surface area (Å²) in [5, 5.41) is 2.42. The molecule has 1 nitrogen and oxygen atoms in total. The van der Waals surface area contributed by atoms with Gasteiger partial charge in [0.25, 0.3) is 0 Å². The van der Waals surface area contributed by atoms with Crippen molar-refractivity contribution in [3.63, 3.8) is 0 Å². The van der Waals surface area contributed by atoms with Gasteiger partial charge in [-0.2, -0.15) is 0 Å². The summed E-state index contributed by atoms with van der Waals surface area (Å²) in [5.74, 6) is 0. The van der Waals surface area contributed by atoms with Gasteiger partial charge in [-0.15, -0.1) is 0 Å². The van der Waals surface area contributed by atoms with E-state index in [1.54, 1.807) is 11.8 Å². The molecule has 0 aliphatic carbocycles. The number of nitrogen functional groups attached to an aromatic ring is 1. The van der Waals surface area contributed by atoms with E-state index in [2.05, 4.69) is 91.5 Å². The number of hydrogen-bond donors (Lipinski definition) is 1. The van der Waals surface area contributed by atoms with Crippen molar-refractivity contribution >= 4 is 33.1 Å². The zero-order chi connectivity index (χ0) is 21.9. The number of fused-ring (bicyclic) bond motifs is 1. The molecule has 0 aliphatic heterocycles. The van der Waals surface area contributed by atoms with Crippen molar-refractivity contribution in [1.82, 2.24) is 0 Å². The maximum Gasteiger partial charge on any atom is 0.0455 e. The predicted octanol–water partition coefficient (Wildman–Crippen LogP) is 8.52. The first-order chi connectivity index (χ1) is 15.7. The Morgan fingerprint density at radius 1 is 0.594 bits per heavy atom. The highest BCUT2D eigenvalue weighted by molar-refractivity contribution is 8.08. The topological polar surface area (TPSA) is 26.0 Å². The van der Waals surface area contributed by atoms with Gasteiger partial charge in [0.15, 0.2) is 0 Å². The van der Waals surface area contributed by atoms with Gasteiger partial charge in [0.1, 0.15) is 0 Å². The van der Waals surface area contributed by atoms with Crippen molar-refractivity contribution in [2.24, 2.45) is 0 Å². The Hall–Kier alpha value is -3.75. The second-order valence-electron chi connectivity index (χ2n) is 7.72. The van der Waals surface area contributed by atoms with Crippen LogP contribution >= 0.6 is 11.8 Å². The average molecular weight is 430 g/mol. The largest absolute Gasteiger partial charge is 0.398 e. The fourth-order valence-corrected chi connectivity index (χ4v) is 4.94. The monoisotopic (exact) mass is 429 g/mol. The van der Waals surface area contributed by atoms with Gasteiger partial charge in [-0.05, 0) is 56.8 Å². The van der Waals surface area contributed by atoms with Crippen LogP contribution in [0.25, 0.3) is 37.9 Å². The normalized spacial score (nSPS) is 10.9. The molecule has 5 rings (SSSR count). The van der Waals surface area contributed by atoms with E-state index in [0.29, 0.717) is 0 Å². The van der Waals surface area contributed by atoms with Gasteiger partial charge < -0.3 is 5.73 Å². The van der Waals surface area contributed by atoms with Crippen LogP contribution in [0, 0.1) is 0 Å². The number of para-hydroxylation sites is 1. The Morgan fingerprint density at radius 2 is 1.25 bits per heavy atom. The minimum absolute atomic E-state index is 0.775. The SMILES string of the molecule is C=C(Sc1ccccc1N)c1ccc(-c2cccc(-c3ccccc3)c2)c2ccccc12. The molecule has 0 fully saturated rings. The lowest BCUT2D eigenvalue weighted by molar-refractivity contribution is 1.47. The van der Waals surface area contributed by atoms with Gasteiger partial charge in [-0.25, -0.2) is 0 Å². The van der Waals surface area contributed by atoms with Crippen LogP contribution in [0.4, 0.5) is 5.69 Å². The first kappa shape index (κ1) is 20.2. The molecule has 0 bridgehead atoms. The van der Waals surface area contributed by atoms with E-state index in [0.717, 1.165) is 21.1 Å². The molecule has 154 valence electrons. The lowest BCUT2D eigenvalue weighted by Gasteiger charge is -2.15. The number of rotatable bonds is 5. The van der Waals surface area contributed by atoms with E-state index >= 15 is 0 Å². The Bertz CT molecular complexity index is 1420. The quantitative estimate of drug-likeness (QED) is 0.224. The van der Waals surface area contributed by atoms with Gasteiger partial charge in [0.2, 0.25) is 0 Å². The van der Waals surface area contributed by atoms with E-state index < -0.39 is 0 Å². The van der Waals surface area contributed by atoms with Crippen LogP contribution < -0.4 is 5.73 Å². The van der Waals surface area contributed by atoms with Gasteiger partial charge >= 0.3 is 0 Å². The van der Waals surface area contributed by atoms with E-state index in [1.807, 2.05) is 30.3 Å². The standard InChI is InChI=1S/C30H23NS/c1-21(32-30-17-8-7-16-29(30)31)25-18-19-26(28-15-6-5-14-27(25)28)24-13-9-12-23(20-24)22-10-3-2-4-11-22/h2-20H,1,31H2. The summed E-state index contributed by atoms with van der Waals surface area (Å²) in [5.41, 5.74) is 12.9. The Labute approximate surface area is 193 Å². The minimum atomic E-state index is 0.775. The molecule has 0 amide bonds. The molecule has 5 aromatic rings. The summed E-state index contributed by atoms with van der Waals surface area (Å²) in [6.45, 7) is 4.38. The zero-order valence-corrected chi connectivity index (χ0v) is 18.5. The van der Waals surface area contributed by atoms with Crippen molar-refractivity contribution in [2.75, 3.05) is 5.73 Å². The molecule has 0 saturated heterocycles. The number of anilines is 1. The second kappa shape index (κ2) is 8.78. The molecule has 32 heavy (non-hydrogen) atoms. The Balaban J connectivity index is 1.58. The van der Waals surface area contributed by atoms with Crippen LogP contribution in [-0.2, 0) is 0 Å². The van der Waals surface area contributed by atoms with Crippen molar-refractivity contribution in [3.05, 3.63) is 127 Å². The van der Waals surface area contributed by atoms with Crippen LogP contribution in [0.1, 0.15) is 5.56 Å². The third kappa shape index (κ3) is 3.93. The lowest BCUT2D eigenvalue weighted by Crippen LogP contribution is -1.90. The van der Waals surface area contributed by atoms with Crippen LogP contribution in [0.3, 0.4) is 0 Å². The maximum atomic E-state index is 6.16. The molecular formula is C30H23NS. The van der Waals surface area contributed by atoms with E-state index in [9.17, 15) is 0 Å². The third-order valence-electron chi connectivity index (χ3n) is 5.66. The molecule has 0 spiro atoms. The molecular weight excluding hydrogens is 406 g/mol. The summed E-state index contributed by atoms with van der Waals surface area (Å²) >= 11 is 1.62. The average Bonchev–Trinajstić information content (AvgIpc) is 2.85. The summed E-state index contributed by atoms with van der Waals surface area (Å²) < 4.78 is 0. The molecule has 0 unspecified atom stereocenters. The lowest BCUT2D eigenvalue weighted by atomic mass is 9.93. The Morgan fingerprint density at radius 3 is 2.06 bits per heavy atom. The minimum Gasteiger partial charge on any atom is -0.398 e. The van der Waals surface area contributed by atoms with Crippen LogP contribution in [0.15, 0.2) is 127 Å². The first-order valence-corrected chi connectivity index (χ1v) is 11.4. The fraction of sp³-hybridized carbons (Fsp3) is 0. The molecule has 0 heterocycles. The smallest absolute Gasteiger partial charge is 0.0455 e. The zero-order valence-electron chi connectivity index (χ0n) is 17.7. The van der Waals surface area contributed by atoms with Crippen LogP contribution in [0.5, 0.6) is 0 Å². The third-order valence-corrected chi connectivity index (χ3v) is 6.72. The van der Waals surface area contributed by atoms with Crippen molar-refractivity contribution in [2.45, 2.75) is 4.90 Å². The summed E-state index contributed by atoms with van der Waals surface area (Å²) in [7, 11) is 0. The summed E-state index contributed by atoms with van der Waals surface area (Å²) in [6.07, 6.45) is 0. The van der Waals surface area contributed by atoms with Crippen LogP contribution in [0.2, 0.25) is 0 Å². The molecule has 0 atom stereocenters.